The van der Waals surface area contributed by atoms with Gasteiger partial charge in [0.25, 0.3) is 5.69 Å². The summed E-state index contributed by atoms with van der Waals surface area (Å²) in [6.07, 6.45) is 4.48. The van der Waals surface area contributed by atoms with Crippen LogP contribution in [0.3, 0.4) is 0 Å². The highest BCUT2D eigenvalue weighted by atomic mass is 16.6. The van der Waals surface area contributed by atoms with Crippen LogP contribution in [0.15, 0.2) is 30.4 Å². The Labute approximate surface area is 132 Å². The van der Waals surface area contributed by atoms with Crippen molar-refractivity contribution in [3.05, 3.63) is 46.0 Å². The van der Waals surface area contributed by atoms with Crippen molar-refractivity contribution in [2.75, 3.05) is 5.32 Å². The van der Waals surface area contributed by atoms with Gasteiger partial charge in [-0.3, -0.25) is 19.7 Å². The van der Waals surface area contributed by atoms with Gasteiger partial charge in [0, 0.05) is 17.8 Å². The first-order chi connectivity index (χ1) is 10.9. The number of carbonyl (C=O) groups is 2. The highest BCUT2D eigenvalue weighted by Crippen LogP contribution is 2.48. The summed E-state index contributed by atoms with van der Waals surface area (Å²) in [5, 5.41) is 22.9. The zero-order valence-corrected chi connectivity index (χ0v) is 12.4. The van der Waals surface area contributed by atoms with Crippen molar-refractivity contribution >= 4 is 23.3 Å². The summed E-state index contributed by atoms with van der Waals surface area (Å²) in [6, 6.07) is 4.17. The van der Waals surface area contributed by atoms with Crippen molar-refractivity contribution in [3.8, 4) is 0 Å². The van der Waals surface area contributed by atoms with Crippen LogP contribution >= 0.6 is 0 Å². The summed E-state index contributed by atoms with van der Waals surface area (Å²) < 4.78 is 0. The molecule has 4 atom stereocenters. The predicted octanol–water partition coefficient (Wildman–Crippen LogP) is 2.36. The van der Waals surface area contributed by atoms with E-state index in [0.717, 1.165) is 0 Å². The zero-order chi connectivity index (χ0) is 16.7. The van der Waals surface area contributed by atoms with Gasteiger partial charge in [-0.05, 0) is 36.8 Å². The summed E-state index contributed by atoms with van der Waals surface area (Å²) in [4.78, 5) is 34.3. The Kier molecular flexibility index (Phi) is 3.63. The van der Waals surface area contributed by atoms with E-state index in [0.29, 0.717) is 17.7 Å². The summed E-state index contributed by atoms with van der Waals surface area (Å²) in [7, 11) is 0. The van der Waals surface area contributed by atoms with E-state index < -0.39 is 22.7 Å². The fourth-order valence-electron chi connectivity index (χ4n) is 3.63. The molecule has 0 unspecified atom stereocenters. The molecule has 2 N–H and O–H groups in total. The second kappa shape index (κ2) is 5.49. The molecule has 1 amide bonds. The first-order valence-electron chi connectivity index (χ1n) is 7.35. The molecule has 7 heteroatoms. The van der Waals surface area contributed by atoms with Crippen LogP contribution in [0.1, 0.15) is 12.0 Å². The summed E-state index contributed by atoms with van der Waals surface area (Å²) >= 11 is 0. The molecule has 23 heavy (non-hydrogen) atoms. The average molecular weight is 316 g/mol. The van der Waals surface area contributed by atoms with Crippen LogP contribution in [-0.4, -0.2) is 21.9 Å². The van der Waals surface area contributed by atoms with E-state index in [2.05, 4.69) is 5.32 Å². The van der Waals surface area contributed by atoms with Gasteiger partial charge in [0.2, 0.25) is 5.91 Å². The number of nitro benzene ring substituents is 1. The lowest BCUT2D eigenvalue weighted by atomic mass is 9.82. The molecule has 7 nitrogen and oxygen atoms in total. The fourth-order valence-corrected chi connectivity index (χ4v) is 3.63. The number of anilines is 1. The molecule has 0 saturated heterocycles. The maximum absolute atomic E-state index is 12.5. The van der Waals surface area contributed by atoms with E-state index in [9.17, 15) is 24.8 Å². The van der Waals surface area contributed by atoms with Gasteiger partial charge in [-0.2, -0.15) is 0 Å². The minimum Gasteiger partial charge on any atom is -0.481 e. The number of carbonyl (C=O) groups excluding carboxylic acids is 1. The van der Waals surface area contributed by atoms with Crippen molar-refractivity contribution in [3.63, 3.8) is 0 Å². The number of allylic oxidation sites excluding steroid dienone is 2. The second-order valence-electron chi connectivity index (χ2n) is 6.08. The van der Waals surface area contributed by atoms with E-state index in [1.807, 2.05) is 12.2 Å². The molecular weight excluding hydrogens is 300 g/mol. The number of nitro groups is 1. The van der Waals surface area contributed by atoms with Crippen molar-refractivity contribution in [1.82, 2.24) is 0 Å². The van der Waals surface area contributed by atoms with Crippen LogP contribution in [0, 0.1) is 40.7 Å². The lowest BCUT2D eigenvalue weighted by molar-refractivity contribution is -0.384. The smallest absolute Gasteiger partial charge is 0.307 e. The minimum absolute atomic E-state index is 0.0493. The van der Waals surface area contributed by atoms with Gasteiger partial charge in [-0.1, -0.05) is 12.2 Å². The van der Waals surface area contributed by atoms with E-state index in [1.54, 1.807) is 6.92 Å². The third-order valence-corrected chi connectivity index (χ3v) is 4.73. The maximum atomic E-state index is 12.5. The maximum Gasteiger partial charge on any atom is 0.307 e. The highest BCUT2D eigenvalue weighted by molar-refractivity contribution is 5.97. The molecule has 0 radical (unpaired) electrons. The second-order valence-corrected chi connectivity index (χ2v) is 6.08. The zero-order valence-electron chi connectivity index (χ0n) is 12.4. The predicted molar refractivity (Wildman–Crippen MR) is 81.8 cm³/mol. The number of aryl methyl sites for hydroxylation is 1. The quantitative estimate of drug-likeness (QED) is 0.503. The largest absolute Gasteiger partial charge is 0.481 e. The van der Waals surface area contributed by atoms with Crippen molar-refractivity contribution in [1.29, 1.82) is 0 Å². The first-order valence-corrected chi connectivity index (χ1v) is 7.35. The Bertz CT molecular complexity index is 727. The van der Waals surface area contributed by atoms with Crippen molar-refractivity contribution < 1.29 is 19.6 Å². The van der Waals surface area contributed by atoms with Gasteiger partial charge in [0.05, 0.1) is 16.8 Å². The topological polar surface area (TPSA) is 110 Å². The molecule has 0 aliphatic heterocycles. The number of aliphatic carboxylic acids is 1. The van der Waals surface area contributed by atoms with Gasteiger partial charge in [-0.25, -0.2) is 0 Å². The number of nitrogens with one attached hydrogen (secondary N) is 1. The molecule has 0 spiro atoms. The molecule has 2 aliphatic rings. The van der Waals surface area contributed by atoms with Crippen molar-refractivity contribution in [2.24, 2.45) is 23.7 Å². The molecule has 3 rings (SSSR count). The van der Waals surface area contributed by atoms with Crippen LogP contribution in [0.4, 0.5) is 11.4 Å². The molecule has 2 bridgehead atoms. The molecule has 0 heterocycles. The number of hydrogen-bond donors (Lipinski definition) is 2. The average Bonchev–Trinajstić information content (AvgIpc) is 3.09. The molecular formula is C16H16N2O5. The Hall–Kier alpha value is -2.70. The lowest BCUT2D eigenvalue weighted by Crippen LogP contribution is -2.36. The Morgan fingerprint density at radius 2 is 1.91 bits per heavy atom. The third-order valence-electron chi connectivity index (χ3n) is 4.73. The van der Waals surface area contributed by atoms with Crippen LogP contribution in [-0.2, 0) is 9.59 Å². The summed E-state index contributed by atoms with van der Waals surface area (Å²) in [6.45, 7) is 1.66. The van der Waals surface area contributed by atoms with Gasteiger partial charge in [0.15, 0.2) is 0 Å². The van der Waals surface area contributed by atoms with Crippen LogP contribution < -0.4 is 5.32 Å². The highest BCUT2D eigenvalue weighted by Gasteiger charge is 2.51. The fraction of sp³-hybridized carbons (Fsp3) is 0.375. The monoisotopic (exact) mass is 316 g/mol. The first kappa shape index (κ1) is 15.2. The van der Waals surface area contributed by atoms with Gasteiger partial charge in [-0.15, -0.1) is 0 Å². The van der Waals surface area contributed by atoms with Crippen LogP contribution in [0.2, 0.25) is 0 Å². The normalized spacial score (nSPS) is 27.9. The van der Waals surface area contributed by atoms with Crippen LogP contribution in [0.5, 0.6) is 0 Å². The number of amides is 1. The number of carboxylic acid groups (broad SMARTS) is 1. The number of hydrogen-bond acceptors (Lipinski definition) is 4. The molecule has 0 aromatic heterocycles. The lowest BCUT2D eigenvalue weighted by Gasteiger charge is -2.24. The van der Waals surface area contributed by atoms with Gasteiger partial charge < -0.3 is 10.4 Å². The number of rotatable bonds is 4. The molecule has 1 saturated carbocycles. The number of non-ortho nitro benzene ring substituents is 1. The number of benzene rings is 1. The Balaban J connectivity index is 1.81. The van der Waals surface area contributed by atoms with Gasteiger partial charge in [0.1, 0.15) is 0 Å². The minimum atomic E-state index is -0.956. The van der Waals surface area contributed by atoms with Crippen LogP contribution in [0.25, 0.3) is 0 Å². The van der Waals surface area contributed by atoms with Crippen molar-refractivity contribution in [2.45, 2.75) is 13.3 Å². The number of nitrogens with zero attached hydrogens (tertiary/aromatic N) is 1. The molecule has 1 aromatic carbocycles. The Morgan fingerprint density at radius 1 is 1.26 bits per heavy atom. The van der Waals surface area contributed by atoms with E-state index >= 15 is 0 Å². The van der Waals surface area contributed by atoms with E-state index in [4.69, 9.17) is 0 Å². The number of carboxylic acids is 1. The summed E-state index contributed by atoms with van der Waals surface area (Å²) in [5.74, 6) is -2.75. The Morgan fingerprint density at radius 3 is 2.48 bits per heavy atom. The third kappa shape index (κ3) is 2.58. The SMILES string of the molecule is Cc1cc([N+](=O)[O-])ccc1NC(=O)[C@@H]1[C@H](C(=O)O)[C@H]2C=C[C@H]1C2. The molecule has 1 fully saturated rings. The molecule has 120 valence electrons. The standard InChI is InChI=1S/C16H16N2O5/c1-8-6-11(18(22)23)4-5-12(8)17-15(19)13-9-2-3-10(7-9)14(13)16(20)21/h2-6,9-10,13-14H,7H2,1H3,(H,17,19)(H,20,21)/t9-,10-,13-,14+/m0/s1. The van der Waals surface area contributed by atoms with E-state index in [1.165, 1.54) is 18.2 Å². The van der Waals surface area contributed by atoms with E-state index in [-0.39, 0.29) is 23.4 Å². The summed E-state index contributed by atoms with van der Waals surface area (Å²) in [5.41, 5.74) is 0.987. The molecule has 1 aromatic rings. The van der Waals surface area contributed by atoms with Gasteiger partial charge >= 0.3 is 5.97 Å². The number of fused-ring (bicyclic) bond motifs is 2. The molecule has 2 aliphatic carbocycles.